The van der Waals surface area contributed by atoms with Crippen molar-refractivity contribution < 1.29 is 27.4 Å². The Morgan fingerprint density at radius 3 is 2.37 bits per heavy atom. The van der Waals surface area contributed by atoms with Crippen LogP contribution in [0.25, 0.3) is 0 Å². The largest absolute Gasteiger partial charge is 0.497 e. The molecule has 1 amide bonds. The topological polar surface area (TPSA) is 94.2 Å². The number of nitrogens with one attached hydrogen (secondary N) is 1. The van der Waals surface area contributed by atoms with E-state index in [0.29, 0.717) is 35.8 Å². The molecule has 1 N–H and O–H groups in total. The van der Waals surface area contributed by atoms with Gasteiger partial charge in [-0.2, -0.15) is 0 Å². The Labute approximate surface area is 223 Å². The maximum Gasteiger partial charge on any atom is 0.261 e. The number of ether oxygens (including phenoxy) is 3. The Kier molecular flexibility index (Phi) is 7.46. The Morgan fingerprint density at radius 2 is 1.66 bits per heavy atom. The van der Waals surface area contributed by atoms with Gasteiger partial charge in [0.1, 0.15) is 5.75 Å². The van der Waals surface area contributed by atoms with Crippen molar-refractivity contribution in [1.29, 1.82) is 0 Å². The van der Waals surface area contributed by atoms with Crippen LogP contribution in [-0.4, -0.2) is 41.2 Å². The van der Waals surface area contributed by atoms with Crippen LogP contribution in [0.15, 0.2) is 71.6 Å². The molecular formula is C29H32N2O6S. The van der Waals surface area contributed by atoms with Gasteiger partial charge < -0.3 is 19.1 Å². The number of carbonyl (C=O) groups is 1. The molecule has 1 saturated heterocycles. The number of sulfonamides is 1. The fraction of sp³-hybridized carbons (Fsp3) is 0.345. The maximum atomic E-state index is 13.0. The summed E-state index contributed by atoms with van der Waals surface area (Å²) in [4.78, 5) is 14.9. The summed E-state index contributed by atoms with van der Waals surface area (Å²) in [6.07, 6.45) is 4.99. The SMILES string of the molecule is COc1ccc(S(=O)(=O)Nc2cccc(N3CC(c4ccc(OC)c(OC5CCCC5)c4)CC3=O)c2)cc1. The minimum Gasteiger partial charge on any atom is -0.497 e. The van der Waals surface area contributed by atoms with Crippen molar-refractivity contribution in [2.45, 2.75) is 49.0 Å². The molecule has 38 heavy (non-hydrogen) atoms. The van der Waals surface area contributed by atoms with Gasteiger partial charge in [-0.3, -0.25) is 9.52 Å². The van der Waals surface area contributed by atoms with Gasteiger partial charge in [-0.05, 0) is 85.8 Å². The highest BCUT2D eigenvalue weighted by Gasteiger charge is 2.32. The molecule has 1 saturated carbocycles. The molecule has 0 aromatic heterocycles. The molecule has 2 aliphatic rings. The second-order valence-corrected chi connectivity index (χ2v) is 11.4. The molecule has 0 bridgehead atoms. The molecule has 1 atom stereocenters. The van der Waals surface area contributed by atoms with E-state index in [4.69, 9.17) is 14.2 Å². The van der Waals surface area contributed by atoms with Gasteiger partial charge in [0, 0.05) is 24.6 Å². The van der Waals surface area contributed by atoms with Gasteiger partial charge in [0.05, 0.1) is 30.9 Å². The van der Waals surface area contributed by atoms with Crippen LogP contribution in [0.4, 0.5) is 11.4 Å². The lowest BCUT2D eigenvalue weighted by Gasteiger charge is -2.20. The van der Waals surface area contributed by atoms with Crippen molar-refractivity contribution in [1.82, 2.24) is 0 Å². The summed E-state index contributed by atoms with van der Waals surface area (Å²) < 4.78 is 45.3. The molecule has 5 rings (SSSR count). The van der Waals surface area contributed by atoms with E-state index in [1.54, 1.807) is 42.3 Å². The highest BCUT2D eigenvalue weighted by molar-refractivity contribution is 7.92. The highest BCUT2D eigenvalue weighted by atomic mass is 32.2. The first-order valence-electron chi connectivity index (χ1n) is 12.8. The third kappa shape index (κ3) is 5.57. The minimum absolute atomic E-state index is 0.0146. The van der Waals surface area contributed by atoms with Crippen molar-refractivity contribution in [3.05, 3.63) is 72.3 Å². The van der Waals surface area contributed by atoms with E-state index >= 15 is 0 Å². The normalized spacial score (nSPS) is 18.0. The van der Waals surface area contributed by atoms with Crippen LogP contribution in [0.3, 0.4) is 0 Å². The summed E-state index contributed by atoms with van der Waals surface area (Å²) in [5.74, 6) is 1.96. The lowest BCUT2D eigenvalue weighted by molar-refractivity contribution is -0.117. The molecule has 0 spiro atoms. The van der Waals surface area contributed by atoms with Crippen LogP contribution in [0.2, 0.25) is 0 Å². The van der Waals surface area contributed by atoms with Crippen molar-refractivity contribution in [3.8, 4) is 17.2 Å². The zero-order valence-electron chi connectivity index (χ0n) is 21.6. The first kappa shape index (κ1) is 25.9. The molecule has 200 valence electrons. The fourth-order valence-corrected chi connectivity index (χ4v) is 6.16. The molecule has 2 fully saturated rings. The Morgan fingerprint density at radius 1 is 0.895 bits per heavy atom. The third-order valence-electron chi connectivity index (χ3n) is 7.16. The maximum absolute atomic E-state index is 13.0. The van der Waals surface area contributed by atoms with E-state index in [0.717, 1.165) is 24.2 Å². The molecule has 9 heteroatoms. The van der Waals surface area contributed by atoms with Gasteiger partial charge in [-0.1, -0.05) is 12.1 Å². The average molecular weight is 537 g/mol. The molecule has 1 aliphatic carbocycles. The number of rotatable bonds is 9. The summed E-state index contributed by atoms with van der Waals surface area (Å²) in [6.45, 7) is 0.489. The Balaban J connectivity index is 1.32. The van der Waals surface area contributed by atoms with Crippen molar-refractivity contribution >= 4 is 27.3 Å². The molecule has 1 aliphatic heterocycles. The lowest BCUT2D eigenvalue weighted by atomic mass is 9.98. The standard InChI is InChI=1S/C29H32N2O6S/c1-35-24-11-13-26(14-12-24)38(33,34)30-22-6-5-7-23(18-22)31-19-21(17-29(31)32)20-10-15-27(36-2)28(16-20)37-25-8-3-4-9-25/h5-7,10-16,18,21,25,30H,3-4,8-9,17,19H2,1-2H3. The van der Waals surface area contributed by atoms with Gasteiger partial charge in [0.15, 0.2) is 11.5 Å². The van der Waals surface area contributed by atoms with E-state index in [1.165, 1.54) is 32.1 Å². The van der Waals surface area contributed by atoms with E-state index in [-0.39, 0.29) is 22.8 Å². The van der Waals surface area contributed by atoms with Gasteiger partial charge in [0.25, 0.3) is 10.0 Å². The third-order valence-corrected chi connectivity index (χ3v) is 8.56. The number of nitrogens with zero attached hydrogens (tertiary/aromatic N) is 1. The number of hydrogen-bond donors (Lipinski definition) is 1. The number of amides is 1. The Bertz CT molecular complexity index is 1400. The second kappa shape index (κ2) is 10.9. The molecule has 3 aromatic carbocycles. The first-order chi connectivity index (χ1) is 18.4. The Hall–Kier alpha value is -3.72. The number of carbonyl (C=O) groups excluding carboxylic acids is 1. The predicted octanol–water partition coefficient (Wildman–Crippen LogP) is 5.35. The molecule has 1 heterocycles. The number of benzene rings is 3. The predicted molar refractivity (Wildman–Crippen MR) is 146 cm³/mol. The summed E-state index contributed by atoms with van der Waals surface area (Å²) in [5, 5.41) is 0. The average Bonchev–Trinajstić information content (AvgIpc) is 3.58. The molecule has 0 radical (unpaired) electrons. The van der Waals surface area contributed by atoms with Crippen molar-refractivity contribution in [3.63, 3.8) is 0 Å². The molecule has 3 aromatic rings. The van der Waals surface area contributed by atoms with E-state index in [2.05, 4.69) is 4.72 Å². The lowest BCUT2D eigenvalue weighted by Crippen LogP contribution is -2.24. The second-order valence-electron chi connectivity index (χ2n) is 9.67. The van der Waals surface area contributed by atoms with Gasteiger partial charge >= 0.3 is 0 Å². The van der Waals surface area contributed by atoms with E-state index in [1.807, 2.05) is 24.3 Å². The van der Waals surface area contributed by atoms with Crippen LogP contribution in [0, 0.1) is 0 Å². The smallest absolute Gasteiger partial charge is 0.261 e. The van der Waals surface area contributed by atoms with E-state index < -0.39 is 10.0 Å². The van der Waals surface area contributed by atoms with Crippen LogP contribution in [0.5, 0.6) is 17.2 Å². The monoisotopic (exact) mass is 536 g/mol. The van der Waals surface area contributed by atoms with Crippen molar-refractivity contribution in [2.24, 2.45) is 0 Å². The minimum atomic E-state index is -3.80. The number of methoxy groups -OCH3 is 2. The van der Waals surface area contributed by atoms with E-state index in [9.17, 15) is 13.2 Å². The number of hydrogen-bond acceptors (Lipinski definition) is 6. The summed E-state index contributed by atoms with van der Waals surface area (Å²) in [6, 6.07) is 19.0. The summed E-state index contributed by atoms with van der Waals surface area (Å²) in [7, 11) is -0.647. The van der Waals surface area contributed by atoms with Gasteiger partial charge in [-0.15, -0.1) is 0 Å². The van der Waals surface area contributed by atoms with Crippen LogP contribution in [0.1, 0.15) is 43.6 Å². The first-order valence-corrected chi connectivity index (χ1v) is 14.3. The highest BCUT2D eigenvalue weighted by Crippen LogP contribution is 2.38. The zero-order valence-corrected chi connectivity index (χ0v) is 22.4. The van der Waals surface area contributed by atoms with Crippen LogP contribution < -0.4 is 23.8 Å². The molecule has 1 unspecified atom stereocenters. The summed E-state index contributed by atoms with van der Waals surface area (Å²) >= 11 is 0. The van der Waals surface area contributed by atoms with Crippen molar-refractivity contribution in [2.75, 3.05) is 30.4 Å². The van der Waals surface area contributed by atoms with Gasteiger partial charge in [-0.25, -0.2) is 8.42 Å². The summed E-state index contributed by atoms with van der Waals surface area (Å²) in [5.41, 5.74) is 2.04. The van der Waals surface area contributed by atoms with Crippen LogP contribution >= 0.6 is 0 Å². The fourth-order valence-electron chi connectivity index (χ4n) is 5.11. The quantitative estimate of drug-likeness (QED) is 0.396. The zero-order chi connectivity index (χ0) is 26.7. The van der Waals surface area contributed by atoms with Gasteiger partial charge in [0.2, 0.25) is 5.91 Å². The number of anilines is 2. The molecule has 8 nitrogen and oxygen atoms in total. The van der Waals surface area contributed by atoms with Crippen LogP contribution in [-0.2, 0) is 14.8 Å². The molecular weight excluding hydrogens is 504 g/mol.